The van der Waals surface area contributed by atoms with E-state index in [9.17, 15) is 4.79 Å². The van der Waals surface area contributed by atoms with Crippen LogP contribution in [0, 0.1) is 0 Å². The van der Waals surface area contributed by atoms with Crippen LogP contribution in [-0.4, -0.2) is 42.1 Å². The Kier molecular flexibility index (Phi) is 22.8. The van der Waals surface area contributed by atoms with Crippen LogP contribution in [0.5, 0.6) is 0 Å². The third kappa shape index (κ3) is 16.5. The Hall–Kier alpha value is -1.79. The lowest BCUT2D eigenvalue weighted by Gasteiger charge is -2.22. The van der Waals surface area contributed by atoms with Gasteiger partial charge in [-0.15, -0.1) is 24.8 Å². The standard InChI is InChI=1S/C33H52N2O3.2ClH/c1-5-9-21-34(22-10-6-2)25-29-13-17-31(18-14-29)27-37-33(36)38-28-32-19-15-30(16-20-32)26-35(23-11-7-3)24-12-8-4;;/h13-20H,5-12,21-28H2,1-4H3;2*1H. The highest BCUT2D eigenvalue weighted by Crippen LogP contribution is 2.13. The Bertz CT molecular complexity index is 791. The molecule has 2 aromatic carbocycles. The fourth-order valence-electron chi connectivity index (χ4n) is 4.39. The van der Waals surface area contributed by atoms with E-state index in [1.165, 1.54) is 62.5 Å². The number of hydrogen-bond donors (Lipinski definition) is 0. The van der Waals surface area contributed by atoms with Crippen molar-refractivity contribution in [2.24, 2.45) is 0 Å². The number of halogens is 2. The Morgan fingerprint density at radius 3 is 1.07 bits per heavy atom. The van der Waals surface area contributed by atoms with E-state index in [0.29, 0.717) is 0 Å². The first-order valence-corrected chi connectivity index (χ1v) is 15.0. The molecule has 0 aliphatic heterocycles. The van der Waals surface area contributed by atoms with Gasteiger partial charge in [0, 0.05) is 13.1 Å². The van der Waals surface area contributed by atoms with Gasteiger partial charge in [0.1, 0.15) is 13.2 Å². The minimum Gasteiger partial charge on any atom is -0.429 e. The van der Waals surface area contributed by atoms with Crippen molar-refractivity contribution in [1.82, 2.24) is 9.80 Å². The van der Waals surface area contributed by atoms with Crippen molar-refractivity contribution in [2.75, 3.05) is 26.2 Å². The topological polar surface area (TPSA) is 42.0 Å². The fraction of sp³-hybridized carbons (Fsp3) is 0.606. The quantitative estimate of drug-likeness (QED) is 0.142. The minimum atomic E-state index is -0.631. The lowest BCUT2D eigenvalue weighted by molar-refractivity contribution is 0.0446. The van der Waals surface area contributed by atoms with Crippen LogP contribution in [0.1, 0.15) is 101 Å². The maximum Gasteiger partial charge on any atom is 0.508 e. The maximum atomic E-state index is 12.2. The van der Waals surface area contributed by atoms with Gasteiger partial charge in [-0.25, -0.2) is 4.79 Å². The van der Waals surface area contributed by atoms with Crippen molar-refractivity contribution < 1.29 is 14.3 Å². The average Bonchev–Trinajstić information content (AvgIpc) is 2.95. The van der Waals surface area contributed by atoms with Gasteiger partial charge in [-0.2, -0.15) is 0 Å². The Morgan fingerprint density at radius 1 is 0.525 bits per heavy atom. The summed E-state index contributed by atoms with van der Waals surface area (Å²) >= 11 is 0. The van der Waals surface area contributed by atoms with Gasteiger partial charge in [-0.05, 0) is 74.1 Å². The first kappa shape index (κ1) is 38.2. The molecule has 0 atom stereocenters. The highest BCUT2D eigenvalue weighted by atomic mass is 35.5. The molecular weight excluding hydrogens is 543 g/mol. The third-order valence-corrected chi connectivity index (χ3v) is 6.88. The van der Waals surface area contributed by atoms with Gasteiger partial charge in [0.05, 0.1) is 0 Å². The van der Waals surface area contributed by atoms with Crippen LogP contribution < -0.4 is 0 Å². The molecule has 0 bridgehead atoms. The first-order chi connectivity index (χ1) is 18.6. The molecule has 0 radical (unpaired) electrons. The Morgan fingerprint density at radius 2 is 0.800 bits per heavy atom. The predicted molar refractivity (Wildman–Crippen MR) is 173 cm³/mol. The molecule has 228 valence electrons. The molecule has 0 aromatic heterocycles. The number of carbonyl (C=O) groups excluding carboxylic acids is 1. The van der Waals surface area contributed by atoms with Crippen LogP contribution in [0.4, 0.5) is 4.79 Å². The van der Waals surface area contributed by atoms with E-state index >= 15 is 0 Å². The molecule has 0 aliphatic carbocycles. The molecular formula is C33H54Cl2N2O3. The highest BCUT2D eigenvalue weighted by Gasteiger charge is 2.09. The number of hydrogen-bond acceptors (Lipinski definition) is 5. The van der Waals surface area contributed by atoms with E-state index in [2.05, 4.69) is 61.8 Å². The highest BCUT2D eigenvalue weighted by molar-refractivity contribution is 5.85. The van der Waals surface area contributed by atoms with Crippen molar-refractivity contribution >= 4 is 31.0 Å². The zero-order valence-corrected chi connectivity index (χ0v) is 27.0. The van der Waals surface area contributed by atoms with Crippen LogP contribution in [0.2, 0.25) is 0 Å². The zero-order valence-electron chi connectivity index (χ0n) is 25.4. The Balaban J connectivity index is 0.00000760. The number of rotatable bonds is 20. The molecule has 0 saturated carbocycles. The summed E-state index contributed by atoms with van der Waals surface area (Å²) in [4.78, 5) is 17.2. The van der Waals surface area contributed by atoms with Gasteiger partial charge >= 0.3 is 6.16 Å². The second-order valence-electron chi connectivity index (χ2n) is 10.4. The van der Waals surface area contributed by atoms with Crippen molar-refractivity contribution in [1.29, 1.82) is 0 Å². The molecule has 0 amide bonds. The zero-order chi connectivity index (χ0) is 27.4. The molecule has 40 heavy (non-hydrogen) atoms. The van der Waals surface area contributed by atoms with E-state index < -0.39 is 6.16 Å². The van der Waals surface area contributed by atoms with Crippen molar-refractivity contribution in [2.45, 2.75) is 105 Å². The largest absolute Gasteiger partial charge is 0.508 e. The summed E-state index contributed by atoms with van der Waals surface area (Å²) in [5.41, 5.74) is 4.54. The SMILES string of the molecule is CCCCN(CCCC)Cc1ccc(COC(=O)OCc2ccc(CN(CCCC)CCCC)cc2)cc1.Cl.Cl. The van der Waals surface area contributed by atoms with Gasteiger partial charge < -0.3 is 9.47 Å². The van der Waals surface area contributed by atoms with E-state index in [4.69, 9.17) is 9.47 Å². The molecule has 0 fully saturated rings. The second-order valence-corrected chi connectivity index (χ2v) is 10.4. The van der Waals surface area contributed by atoms with Crippen molar-refractivity contribution in [3.63, 3.8) is 0 Å². The number of unbranched alkanes of at least 4 members (excludes halogenated alkanes) is 4. The fourth-order valence-corrected chi connectivity index (χ4v) is 4.39. The number of benzene rings is 2. The van der Waals surface area contributed by atoms with Gasteiger partial charge in [0.25, 0.3) is 0 Å². The monoisotopic (exact) mass is 596 g/mol. The van der Waals surface area contributed by atoms with Gasteiger partial charge in [-0.1, -0.05) is 102 Å². The third-order valence-electron chi connectivity index (χ3n) is 6.88. The van der Waals surface area contributed by atoms with Gasteiger partial charge in [-0.3, -0.25) is 9.80 Å². The predicted octanol–water partition coefficient (Wildman–Crippen LogP) is 9.19. The van der Waals surface area contributed by atoms with E-state index in [1.807, 2.05) is 24.3 Å². The molecule has 2 aromatic rings. The average molecular weight is 598 g/mol. The molecule has 0 saturated heterocycles. The minimum absolute atomic E-state index is 0. The molecule has 0 spiro atoms. The summed E-state index contributed by atoms with van der Waals surface area (Å²) in [6, 6.07) is 16.7. The smallest absolute Gasteiger partial charge is 0.429 e. The molecule has 5 nitrogen and oxygen atoms in total. The maximum absolute atomic E-state index is 12.2. The molecule has 0 unspecified atom stereocenters. The summed E-state index contributed by atoms with van der Waals surface area (Å²) in [5, 5.41) is 0. The number of carbonyl (C=O) groups is 1. The summed E-state index contributed by atoms with van der Waals surface area (Å²) in [7, 11) is 0. The van der Waals surface area contributed by atoms with Crippen LogP contribution in [0.15, 0.2) is 48.5 Å². The summed E-state index contributed by atoms with van der Waals surface area (Å²) in [5.74, 6) is 0. The Labute approximate surface area is 256 Å². The van der Waals surface area contributed by atoms with Crippen LogP contribution >= 0.6 is 24.8 Å². The number of ether oxygens (including phenoxy) is 2. The van der Waals surface area contributed by atoms with Crippen molar-refractivity contribution in [3.05, 3.63) is 70.8 Å². The normalized spacial score (nSPS) is 10.8. The van der Waals surface area contributed by atoms with E-state index in [-0.39, 0.29) is 38.0 Å². The van der Waals surface area contributed by atoms with E-state index in [0.717, 1.165) is 50.4 Å². The summed E-state index contributed by atoms with van der Waals surface area (Å²) < 4.78 is 10.7. The van der Waals surface area contributed by atoms with Gasteiger partial charge in [0.15, 0.2) is 0 Å². The summed E-state index contributed by atoms with van der Waals surface area (Å²) in [6.45, 7) is 15.9. The lowest BCUT2D eigenvalue weighted by atomic mass is 10.1. The molecule has 7 heteroatoms. The van der Waals surface area contributed by atoms with E-state index in [1.54, 1.807) is 0 Å². The number of nitrogens with zero attached hydrogens (tertiary/aromatic N) is 2. The molecule has 0 N–H and O–H groups in total. The molecule has 0 heterocycles. The van der Waals surface area contributed by atoms with Crippen LogP contribution in [-0.2, 0) is 35.8 Å². The van der Waals surface area contributed by atoms with Gasteiger partial charge in [0.2, 0.25) is 0 Å². The molecule has 0 aliphatic rings. The van der Waals surface area contributed by atoms with Crippen LogP contribution in [0.25, 0.3) is 0 Å². The van der Waals surface area contributed by atoms with Crippen molar-refractivity contribution in [3.8, 4) is 0 Å². The van der Waals surface area contributed by atoms with Crippen LogP contribution in [0.3, 0.4) is 0 Å². The second kappa shape index (κ2) is 23.9. The first-order valence-electron chi connectivity index (χ1n) is 15.0. The summed E-state index contributed by atoms with van der Waals surface area (Å²) in [6.07, 6.45) is 9.19. The lowest BCUT2D eigenvalue weighted by Crippen LogP contribution is -2.25. The molecule has 2 rings (SSSR count).